The molecule has 3 nitrogen and oxygen atoms in total. The first-order chi connectivity index (χ1) is 12.6. The maximum absolute atomic E-state index is 13.3. The molecular weight excluding hydrogens is 390 g/mol. The maximum Gasteiger partial charge on any atom is 0.264 e. The van der Waals surface area contributed by atoms with Crippen LogP contribution in [0.4, 0.5) is 5.69 Å². The molecule has 0 saturated heterocycles. The van der Waals surface area contributed by atoms with Gasteiger partial charge in [0.2, 0.25) is 0 Å². The molecule has 1 unspecified atom stereocenters. The van der Waals surface area contributed by atoms with Crippen molar-refractivity contribution in [3.05, 3.63) is 100 Å². The van der Waals surface area contributed by atoms with Gasteiger partial charge in [0.25, 0.3) is 5.91 Å². The number of benzene rings is 3. The molecule has 3 aromatic carbocycles. The van der Waals surface area contributed by atoms with Crippen molar-refractivity contribution in [2.75, 3.05) is 4.90 Å². The van der Waals surface area contributed by atoms with Crippen molar-refractivity contribution in [3.63, 3.8) is 0 Å². The van der Waals surface area contributed by atoms with E-state index in [9.17, 15) is 9.90 Å². The topological polar surface area (TPSA) is 40.5 Å². The SMILES string of the molecule is O=C1N(Cc2ccccc2)c2ccc(Br)cc2C1(O)Cc1ccccc1. The minimum Gasteiger partial charge on any atom is -0.375 e. The summed E-state index contributed by atoms with van der Waals surface area (Å²) in [5.41, 5.74) is 1.81. The average molecular weight is 408 g/mol. The Hall–Kier alpha value is -2.43. The summed E-state index contributed by atoms with van der Waals surface area (Å²) >= 11 is 3.47. The Morgan fingerprint density at radius 2 is 1.50 bits per heavy atom. The van der Waals surface area contributed by atoms with Crippen LogP contribution in [0.2, 0.25) is 0 Å². The van der Waals surface area contributed by atoms with Gasteiger partial charge in [-0.1, -0.05) is 76.6 Å². The summed E-state index contributed by atoms with van der Waals surface area (Å²) in [6, 6.07) is 25.1. The van der Waals surface area contributed by atoms with E-state index >= 15 is 0 Å². The highest BCUT2D eigenvalue weighted by Gasteiger charge is 2.49. The van der Waals surface area contributed by atoms with Crippen LogP contribution in [-0.2, 0) is 23.4 Å². The molecule has 26 heavy (non-hydrogen) atoms. The third-order valence-electron chi connectivity index (χ3n) is 4.78. The Balaban J connectivity index is 1.76. The second-order valence-electron chi connectivity index (χ2n) is 6.56. The van der Waals surface area contributed by atoms with E-state index in [1.54, 1.807) is 4.90 Å². The minimum absolute atomic E-state index is 0.251. The van der Waals surface area contributed by atoms with Gasteiger partial charge in [-0.2, -0.15) is 0 Å². The highest BCUT2D eigenvalue weighted by atomic mass is 79.9. The van der Waals surface area contributed by atoms with Crippen LogP contribution in [0.25, 0.3) is 0 Å². The largest absolute Gasteiger partial charge is 0.375 e. The second-order valence-corrected chi connectivity index (χ2v) is 7.48. The molecule has 130 valence electrons. The molecule has 1 aliphatic heterocycles. The molecule has 4 heteroatoms. The van der Waals surface area contributed by atoms with Gasteiger partial charge in [0, 0.05) is 16.5 Å². The normalized spacial score (nSPS) is 18.8. The third kappa shape index (κ3) is 2.96. The first-order valence-corrected chi connectivity index (χ1v) is 9.29. The van der Waals surface area contributed by atoms with Crippen LogP contribution < -0.4 is 4.90 Å². The zero-order chi connectivity index (χ0) is 18.1. The molecule has 0 aromatic heterocycles. The number of fused-ring (bicyclic) bond motifs is 1. The van der Waals surface area contributed by atoms with E-state index in [1.807, 2.05) is 78.9 Å². The Morgan fingerprint density at radius 1 is 0.885 bits per heavy atom. The predicted octanol–water partition coefficient (Wildman–Crippen LogP) is 4.43. The number of aliphatic hydroxyl groups is 1. The molecule has 0 bridgehead atoms. The summed E-state index contributed by atoms with van der Waals surface area (Å²) in [6.07, 6.45) is 0.251. The fourth-order valence-electron chi connectivity index (χ4n) is 3.51. The van der Waals surface area contributed by atoms with Crippen LogP contribution in [-0.4, -0.2) is 11.0 Å². The molecule has 0 fully saturated rings. The van der Waals surface area contributed by atoms with Crippen molar-refractivity contribution in [2.24, 2.45) is 0 Å². The molecule has 1 heterocycles. The minimum atomic E-state index is -1.56. The van der Waals surface area contributed by atoms with Gasteiger partial charge in [-0.3, -0.25) is 4.79 Å². The number of anilines is 1. The predicted molar refractivity (Wildman–Crippen MR) is 106 cm³/mol. The molecule has 1 atom stereocenters. The van der Waals surface area contributed by atoms with Crippen molar-refractivity contribution < 1.29 is 9.90 Å². The lowest BCUT2D eigenvalue weighted by atomic mass is 9.88. The van der Waals surface area contributed by atoms with Crippen LogP contribution in [0.1, 0.15) is 16.7 Å². The van der Waals surface area contributed by atoms with Crippen LogP contribution in [0.3, 0.4) is 0 Å². The number of nitrogens with zero attached hydrogens (tertiary/aromatic N) is 1. The second kappa shape index (κ2) is 6.71. The number of carbonyl (C=O) groups is 1. The van der Waals surface area contributed by atoms with E-state index in [0.717, 1.165) is 21.3 Å². The molecule has 0 radical (unpaired) electrons. The number of hydrogen-bond donors (Lipinski definition) is 1. The summed E-state index contributed by atoms with van der Waals surface area (Å²) in [6.45, 7) is 0.436. The lowest BCUT2D eigenvalue weighted by Crippen LogP contribution is -2.41. The highest BCUT2D eigenvalue weighted by Crippen LogP contribution is 2.44. The van der Waals surface area contributed by atoms with Gasteiger partial charge < -0.3 is 10.0 Å². The first kappa shape index (κ1) is 17.0. The van der Waals surface area contributed by atoms with Gasteiger partial charge in [0.15, 0.2) is 5.60 Å². The maximum atomic E-state index is 13.3. The summed E-state index contributed by atoms with van der Waals surface area (Å²) in [7, 11) is 0. The van der Waals surface area contributed by atoms with E-state index < -0.39 is 5.60 Å². The standard InChI is InChI=1S/C22H18BrNO2/c23-18-11-12-20-19(13-18)22(26,14-16-7-3-1-4-8-16)21(25)24(20)15-17-9-5-2-6-10-17/h1-13,26H,14-15H2. The van der Waals surface area contributed by atoms with Crippen LogP contribution in [0, 0.1) is 0 Å². The average Bonchev–Trinajstić information content (AvgIpc) is 2.85. The number of hydrogen-bond acceptors (Lipinski definition) is 2. The fraction of sp³-hybridized carbons (Fsp3) is 0.136. The van der Waals surface area contributed by atoms with E-state index in [-0.39, 0.29) is 12.3 Å². The van der Waals surface area contributed by atoms with Gasteiger partial charge in [0.05, 0.1) is 12.2 Å². The van der Waals surface area contributed by atoms with E-state index in [4.69, 9.17) is 0 Å². The first-order valence-electron chi connectivity index (χ1n) is 8.50. The fourth-order valence-corrected chi connectivity index (χ4v) is 3.87. The quantitative estimate of drug-likeness (QED) is 0.694. The molecule has 1 aliphatic rings. The van der Waals surface area contributed by atoms with E-state index in [1.165, 1.54) is 0 Å². The smallest absolute Gasteiger partial charge is 0.264 e. The molecule has 3 aromatic rings. The monoisotopic (exact) mass is 407 g/mol. The van der Waals surface area contributed by atoms with Gasteiger partial charge >= 0.3 is 0 Å². The molecule has 0 saturated carbocycles. The Labute approximate surface area is 161 Å². The summed E-state index contributed by atoms with van der Waals surface area (Å²) in [5, 5.41) is 11.4. The van der Waals surface area contributed by atoms with Crippen molar-refractivity contribution >= 4 is 27.5 Å². The zero-order valence-corrected chi connectivity index (χ0v) is 15.7. The molecule has 0 spiro atoms. The molecule has 1 N–H and O–H groups in total. The number of rotatable bonds is 4. The lowest BCUT2D eigenvalue weighted by Gasteiger charge is -2.23. The summed E-state index contributed by atoms with van der Waals surface area (Å²) in [5.74, 6) is -0.279. The zero-order valence-electron chi connectivity index (χ0n) is 14.1. The third-order valence-corrected chi connectivity index (χ3v) is 5.27. The summed E-state index contributed by atoms with van der Waals surface area (Å²) in [4.78, 5) is 14.9. The summed E-state index contributed by atoms with van der Waals surface area (Å²) < 4.78 is 0.845. The van der Waals surface area contributed by atoms with Crippen molar-refractivity contribution in [2.45, 2.75) is 18.6 Å². The Morgan fingerprint density at radius 3 is 2.15 bits per heavy atom. The van der Waals surface area contributed by atoms with Crippen molar-refractivity contribution in [3.8, 4) is 0 Å². The highest BCUT2D eigenvalue weighted by molar-refractivity contribution is 9.10. The molecular formula is C22H18BrNO2. The van der Waals surface area contributed by atoms with Crippen molar-refractivity contribution in [1.82, 2.24) is 0 Å². The number of carbonyl (C=O) groups excluding carboxylic acids is 1. The molecule has 1 amide bonds. The Bertz CT molecular complexity index is 943. The Kier molecular flexibility index (Phi) is 4.39. The van der Waals surface area contributed by atoms with Crippen LogP contribution >= 0.6 is 15.9 Å². The van der Waals surface area contributed by atoms with E-state index in [2.05, 4.69) is 15.9 Å². The molecule has 4 rings (SSSR count). The number of amides is 1. The van der Waals surface area contributed by atoms with Gasteiger partial charge in [-0.05, 0) is 29.3 Å². The van der Waals surface area contributed by atoms with Gasteiger partial charge in [-0.25, -0.2) is 0 Å². The lowest BCUT2D eigenvalue weighted by molar-refractivity contribution is -0.136. The van der Waals surface area contributed by atoms with E-state index in [0.29, 0.717) is 12.1 Å². The molecule has 0 aliphatic carbocycles. The number of halogens is 1. The van der Waals surface area contributed by atoms with Gasteiger partial charge in [0.1, 0.15) is 0 Å². The van der Waals surface area contributed by atoms with Crippen LogP contribution in [0.15, 0.2) is 83.3 Å². The van der Waals surface area contributed by atoms with Crippen molar-refractivity contribution in [1.29, 1.82) is 0 Å². The van der Waals surface area contributed by atoms with Crippen LogP contribution in [0.5, 0.6) is 0 Å². The van der Waals surface area contributed by atoms with Gasteiger partial charge in [-0.15, -0.1) is 0 Å².